The van der Waals surface area contributed by atoms with Gasteiger partial charge in [-0.2, -0.15) is 0 Å². The van der Waals surface area contributed by atoms with Gasteiger partial charge in [0.15, 0.2) is 0 Å². The minimum absolute atomic E-state index is 0. The van der Waals surface area contributed by atoms with Crippen LogP contribution in [0, 0.1) is 10.4 Å². The van der Waals surface area contributed by atoms with Crippen molar-refractivity contribution < 1.29 is 101 Å². The van der Waals surface area contributed by atoms with Crippen LogP contribution in [0.25, 0.3) is 0 Å². The van der Waals surface area contributed by atoms with Gasteiger partial charge in [-0.3, -0.25) is 39.1 Å². The number of hydrogen-bond donors (Lipinski definition) is 2. The molecular formula is C44H50Cu2MnN12O12. The first kappa shape index (κ1) is 72.1. The summed E-state index contributed by atoms with van der Waals surface area (Å²) in [5.74, 6) is -4.39. The summed E-state index contributed by atoms with van der Waals surface area (Å²) in [5, 5.41) is 96.5. The van der Waals surface area contributed by atoms with Crippen LogP contribution in [0.5, 0.6) is 0 Å². The van der Waals surface area contributed by atoms with Crippen molar-refractivity contribution in [2.45, 2.75) is 0 Å². The van der Waals surface area contributed by atoms with Gasteiger partial charge in [0.1, 0.15) is 0 Å². The van der Waals surface area contributed by atoms with Gasteiger partial charge in [-0.1, -0.05) is 83.1 Å². The van der Waals surface area contributed by atoms with Crippen LogP contribution in [-0.2, 0) is 70.4 Å². The molecule has 0 unspecified atom stereocenters. The minimum Gasteiger partial charge on any atom is -0.858 e. The van der Waals surface area contributed by atoms with Gasteiger partial charge >= 0.3 is 51.2 Å². The minimum atomic E-state index is -1.10. The van der Waals surface area contributed by atoms with E-state index in [0.717, 1.165) is 50.5 Å². The fraction of sp³-hybridized carbons (Fsp3) is 0.182. The van der Waals surface area contributed by atoms with Crippen molar-refractivity contribution in [3.8, 4) is 0 Å². The molecule has 0 aliphatic rings. The number of nitrogens with zero attached hydrogens (tertiary/aromatic N) is 12. The molecule has 2 N–H and O–H groups in total. The Kier molecular flexibility index (Phi) is 45.2. The summed E-state index contributed by atoms with van der Waals surface area (Å²) in [4.78, 5) is 58.1. The molecule has 3 radical (unpaired) electrons. The van der Waals surface area contributed by atoms with Crippen LogP contribution in [0.3, 0.4) is 0 Å². The van der Waals surface area contributed by atoms with E-state index in [1.807, 2.05) is 0 Å². The maximum Gasteiger partial charge on any atom is 2.00 e. The normalized spacial score (nSPS) is 10.7. The predicted molar refractivity (Wildman–Crippen MR) is 254 cm³/mol. The summed E-state index contributed by atoms with van der Waals surface area (Å²) in [7, 11) is 13.5. The Hall–Kier alpha value is -7.92. The molecule has 4 aromatic rings. The standard InChI is InChI=1S/2C16H14N4O4.4C3H7NO.2Cu.Mn/c2*21-15(19-13-7-3-1-5-11(13)9-17-23)16(22)20-14-8-4-2-6-12(14)10-18-24;4*1-4(2)3-5;;;/h2*1-10,23-24H,(H,19,21)(H,20,22);4*3H,1-2H3;;;/q;;;;;;3*+2/p-6/b2*17-9+,18-10+;;;;;;;. The van der Waals surface area contributed by atoms with Gasteiger partial charge in [-0.05, 0) is 47.9 Å². The number of para-hydroxylation sites is 4. The van der Waals surface area contributed by atoms with Crippen LogP contribution in [0.4, 0.5) is 22.7 Å². The van der Waals surface area contributed by atoms with Crippen LogP contribution in [-0.4, -0.2) is 160 Å². The van der Waals surface area contributed by atoms with Gasteiger partial charge in [0.05, 0.1) is 35.2 Å². The monoisotopic (exact) mass is 1120 g/mol. The molecule has 0 heterocycles. The first-order valence-electron chi connectivity index (χ1n) is 18.9. The molecule has 27 heteroatoms. The van der Waals surface area contributed by atoms with Crippen LogP contribution in [0.2, 0.25) is 0 Å². The smallest absolute Gasteiger partial charge is 0.858 e. The molecule has 0 spiro atoms. The van der Waals surface area contributed by atoms with E-state index >= 15 is 0 Å². The van der Waals surface area contributed by atoms with Gasteiger partial charge in [-0.25, -0.2) is 0 Å². The van der Waals surface area contributed by atoms with E-state index in [1.54, 1.807) is 117 Å². The van der Waals surface area contributed by atoms with Crippen LogP contribution >= 0.6 is 0 Å². The molecule has 4 amide bonds. The molecule has 0 atom stereocenters. The number of aliphatic imine (C=N–C) groups is 4. The van der Waals surface area contributed by atoms with Gasteiger partial charge in [-0.15, -0.1) is 0 Å². The third-order valence-electron chi connectivity index (χ3n) is 6.62. The fourth-order valence-corrected chi connectivity index (χ4v) is 3.66. The van der Waals surface area contributed by atoms with Crippen molar-refractivity contribution in [1.29, 1.82) is 0 Å². The van der Waals surface area contributed by atoms with Crippen molar-refractivity contribution in [1.82, 2.24) is 19.6 Å². The summed E-state index contributed by atoms with van der Waals surface area (Å²) in [6.45, 7) is 0. The largest absolute Gasteiger partial charge is 2.00 e. The first-order chi connectivity index (χ1) is 32.4. The quantitative estimate of drug-likeness (QED) is 0.0492. The topological polar surface area (TPSA) is 359 Å². The van der Waals surface area contributed by atoms with E-state index in [0.29, 0.717) is 22.3 Å². The Morgan fingerprint density at radius 3 is 0.718 bits per heavy atom. The van der Waals surface area contributed by atoms with Crippen LogP contribution < -0.4 is 20.4 Å². The fourth-order valence-electron chi connectivity index (χ4n) is 3.66. The Morgan fingerprint density at radius 1 is 0.394 bits per heavy atom. The second-order valence-electron chi connectivity index (χ2n) is 13.1. The maximum absolute atomic E-state index is 11.9. The molecule has 71 heavy (non-hydrogen) atoms. The maximum atomic E-state index is 11.9. The summed E-state index contributed by atoms with van der Waals surface area (Å²) in [6.07, 6.45) is 7.16. The van der Waals surface area contributed by atoms with E-state index in [4.69, 9.17) is 10.4 Å². The number of hydrogen-bond acceptors (Lipinski definition) is 20. The number of amides is 4. The van der Waals surface area contributed by atoms with Gasteiger partial charge in [0, 0.05) is 91.1 Å². The summed E-state index contributed by atoms with van der Waals surface area (Å²) < 4.78 is 0. The molecule has 0 bridgehead atoms. The van der Waals surface area contributed by atoms with E-state index in [-0.39, 0.29) is 74.0 Å². The molecule has 0 saturated heterocycles. The Morgan fingerprint density at radius 2 is 0.563 bits per heavy atom. The van der Waals surface area contributed by atoms with E-state index in [1.165, 1.54) is 56.0 Å². The zero-order valence-electron chi connectivity index (χ0n) is 39.2. The number of carbonyl (C=O) groups is 4. The second kappa shape index (κ2) is 44.6. The summed E-state index contributed by atoms with van der Waals surface area (Å²) in [6, 6.07) is 25.1. The van der Waals surface area contributed by atoms with Gasteiger partial charge in [0.25, 0.3) is 0 Å². The molecule has 0 aromatic heterocycles. The first-order valence-corrected chi connectivity index (χ1v) is 18.9. The van der Waals surface area contributed by atoms with Crippen molar-refractivity contribution >= 4 is 96.8 Å². The summed E-state index contributed by atoms with van der Waals surface area (Å²) >= 11 is 0. The van der Waals surface area contributed by atoms with Crippen LogP contribution in [0.15, 0.2) is 138 Å². The van der Waals surface area contributed by atoms with Crippen molar-refractivity contribution in [3.63, 3.8) is 0 Å². The Bertz CT molecular complexity index is 2060. The molecule has 24 nitrogen and oxygen atoms in total. The zero-order valence-corrected chi connectivity index (χ0v) is 42.2. The average molecular weight is 1120 g/mol. The average Bonchev–Trinajstić information content (AvgIpc) is 3.32. The molecule has 4 rings (SSSR count). The number of benzene rings is 4. The van der Waals surface area contributed by atoms with E-state index < -0.39 is 23.6 Å². The molecular weight excluding hydrogens is 1070 g/mol. The molecule has 387 valence electrons. The van der Waals surface area contributed by atoms with Crippen molar-refractivity contribution in [2.24, 2.45) is 40.6 Å². The molecule has 4 aromatic carbocycles. The zero-order chi connectivity index (χ0) is 51.9. The second-order valence-corrected chi connectivity index (χ2v) is 13.1. The Labute approximate surface area is 442 Å². The molecule has 0 aliphatic carbocycles. The third kappa shape index (κ3) is 34.9. The van der Waals surface area contributed by atoms with E-state index in [2.05, 4.69) is 40.6 Å². The molecule has 0 aliphatic heterocycles. The number of oxime groups is 2. The molecule has 0 saturated carbocycles. The Balaban J connectivity index is -0.000000287. The van der Waals surface area contributed by atoms with Crippen LogP contribution in [0.1, 0.15) is 22.3 Å². The number of rotatable bonds is 12. The third-order valence-corrected chi connectivity index (χ3v) is 6.62. The van der Waals surface area contributed by atoms with Gasteiger partial charge < -0.3 is 71.2 Å². The van der Waals surface area contributed by atoms with Crippen molar-refractivity contribution in [3.05, 3.63) is 130 Å². The summed E-state index contributed by atoms with van der Waals surface area (Å²) in [5.41, 5.74) is 1.94. The predicted octanol–water partition coefficient (Wildman–Crippen LogP) is 0.595. The van der Waals surface area contributed by atoms with Crippen molar-refractivity contribution in [2.75, 3.05) is 56.4 Å². The molecule has 0 fully saturated rings. The van der Waals surface area contributed by atoms with E-state index in [9.17, 15) is 50.0 Å². The number of carbonyl (C=O) groups excluding carboxylic acids is 4. The SMILES string of the molecule is CN(C)C=O.CN(C)C=O.CN(C)C=O.CN(C)C=O.[Cu+2].[Cu+2].[Mn+2].[O-]/N=C/c1ccccc1N=C([O-])C([O-])=Nc1ccccc1/C=N/O.[O-]/N=C/c1ccccc1N=C([O-])C([O-])=Nc1ccccc1/C=N/O. The van der Waals surface area contributed by atoms with Gasteiger partial charge in [0.2, 0.25) is 25.6 Å².